The third kappa shape index (κ3) is 5.28. The summed E-state index contributed by atoms with van der Waals surface area (Å²) in [6.45, 7) is 4.30. The number of para-hydroxylation sites is 1. The maximum Gasteiger partial charge on any atom is 0.240 e. The van der Waals surface area contributed by atoms with Crippen LogP contribution in [-0.4, -0.2) is 59.8 Å². The summed E-state index contributed by atoms with van der Waals surface area (Å²) >= 11 is 11.8. The predicted molar refractivity (Wildman–Crippen MR) is 94.7 cm³/mol. The normalized spacial score (nSPS) is 16.0. The van der Waals surface area contributed by atoms with Gasteiger partial charge in [-0.2, -0.15) is 0 Å². The van der Waals surface area contributed by atoms with Crippen LogP contribution in [0, 0.1) is 0 Å². The molecule has 1 aliphatic rings. The monoisotopic (exact) mass is 372 g/mol. The van der Waals surface area contributed by atoms with Gasteiger partial charge < -0.3 is 14.5 Å². The van der Waals surface area contributed by atoms with E-state index in [0.29, 0.717) is 56.4 Å². The molecule has 132 valence electrons. The van der Waals surface area contributed by atoms with Crippen molar-refractivity contribution in [2.75, 3.05) is 32.8 Å². The number of ether oxygens (including phenoxy) is 1. The smallest absolute Gasteiger partial charge is 0.240 e. The van der Waals surface area contributed by atoms with Gasteiger partial charge in [0.15, 0.2) is 0 Å². The Kier molecular flexibility index (Phi) is 7.18. The molecule has 0 N–H and O–H groups in total. The summed E-state index contributed by atoms with van der Waals surface area (Å²) in [6, 6.07) is 7.27. The molecule has 1 heterocycles. The molecular weight excluding hydrogens is 351 g/mol. The number of carbonyl (C=O) groups is 2. The first-order chi connectivity index (χ1) is 11.5. The fourth-order valence-corrected chi connectivity index (χ4v) is 2.88. The molecule has 0 saturated carbocycles. The lowest BCUT2D eigenvalue weighted by atomic mass is 10.2. The van der Waals surface area contributed by atoms with Gasteiger partial charge in [-0.05, 0) is 25.5 Å². The molecule has 0 aromatic heterocycles. The van der Waals surface area contributed by atoms with Crippen molar-refractivity contribution in [3.8, 4) is 5.75 Å². The number of benzene rings is 1. The number of halogens is 2. The second kappa shape index (κ2) is 9.14. The van der Waals surface area contributed by atoms with Gasteiger partial charge in [-0.25, -0.2) is 0 Å². The van der Waals surface area contributed by atoms with Crippen molar-refractivity contribution in [3.05, 3.63) is 29.3 Å². The molecule has 2 rings (SSSR count). The number of nitrogens with zero attached hydrogens (tertiary/aromatic N) is 2. The van der Waals surface area contributed by atoms with E-state index >= 15 is 0 Å². The summed E-state index contributed by atoms with van der Waals surface area (Å²) in [4.78, 5) is 27.5. The Balaban J connectivity index is 1.67. The van der Waals surface area contributed by atoms with Gasteiger partial charge in [0.05, 0.1) is 11.6 Å². The Labute approximate surface area is 152 Å². The van der Waals surface area contributed by atoms with Gasteiger partial charge in [-0.1, -0.05) is 23.7 Å². The molecule has 0 spiro atoms. The highest BCUT2D eigenvalue weighted by atomic mass is 35.5. The van der Waals surface area contributed by atoms with Gasteiger partial charge in [0, 0.05) is 32.6 Å². The van der Waals surface area contributed by atoms with Crippen molar-refractivity contribution in [1.29, 1.82) is 0 Å². The van der Waals surface area contributed by atoms with Crippen LogP contribution >= 0.6 is 23.2 Å². The van der Waals surface area contributed by atoms with Crippen LogP contribution < -0.4 is 4.74 Å². The predicted octanol–water partition coefficient (Wildman–Crippen LogP) is 2.80. The first-order valence-electron chi connectivity index (χ1n) is 8.07. The molecule has 1 aromatic carbocycles. The van der Waals surface area contributed by atoms with Crippen molar-refractivity contribution >= 4 is 35.0 Å². The average Bonchev–Trinajstić information content (AvgIpc) is 2.59. The number of hydrogen-bond acceptors (Lipinski definition) is 3. The van der Waals surface area contributed by atoms with E-state index in [1.165, 1.54) is 0 Å². The Bertz CT molecular complexity index is 573. The topological polar surface area (TPSA) is 49.9 Å². The average molecular weight is 373 g/mol. The minimum absolute atomic E-state index is 0.0723. The lowest BCUT2D eigenvalue weighted by Crippen LogP contribution is -2.52. The Hall–Kier alpha value is -1.46. The molecule has 1 atom stereocenters. The Morgan fingerprint density at radius 2 is 1.79 bits per heavy atom. The molecule has 1 saturated heterocycles. The highest BCUT2D eigenvalue weighted by Crippen LogP contribution is 2.23. The summed E-state index contributed by atoms with van der Waals surface area (Å²) in [5.41, 5.74) is 0. The summed E-state index contributed by atoms with van der Waals surface area (Å²) in [5, 5.41) is 0.0485. The minimum atomic E-state index is -0.519. The molecule has 24 heavy (non-hydrogen) atoms. The van der Waals surface area contributed by atoms with Crippen LogP contribution in [0.1, 0.15) is 19.8 Å². The van der Waals surface area contributed by atoms with Crippen LogP contribution in [0.25, 0.3) is 0 Å². The number of amides is 2. The van der Waals surface area contributed by atoms with Gasteiger partial charge >= 0.3 is 0 Å². The van der Waals surface area contributed by atoms with Gasteiger partial charge in [0.2, 0.25) is 11.8 Å². The number of piperazine rings is 1. The first-order valence-corrected chi connectivity index (χ1v) is 8.88. The van der Waals surface area contributed by atoms with E-state index in [1.807, 2.05) is 12.1 Å². The molecule has 7 heteroatoms. The van der Waals surface area contributed by atoms with Crippen LogP contribution in [-0.2, 0) is 9.59 Å². The number of hydrogen-bond donors (Lipinski definition) is 0. The van der Waals surface area contributed by atoms with Gasteiger partial charge in [0.1, 0.15) is 11.1 Å². The molecule has 1 unspecified atom stereocenters. The first kappa shape index (κ1) is 18.9. The number of alkyl halides is 1. The summed E-state index contributed by atoms with van der Waals surface area (Å²) in [5.74, 6) is 0.648. The molecule has 1 aromatic rings. The second-order valence-corrected chi connectivity index (χ2v) is 6.77. The van der Waals surface area contributed by atoms with Crippen LogP contribution in [0.4, 0.5) is 0 Å². The summed E-state index contributed by atoms with van der Waals surface area (Å²) in [6.07, 6.45) is 1.05. The van der Waals surface area contributed by atoms with Gasteiger partial charge in [-0.15, -0.1) is 11.6 Å². The highest BCUT2D eigenvalue weighted by Gasteiger charge is 2.25. The standard InChI is InChI=1S/C17H22Cl2N2O3/c1-13(18)17(23)21-10-8-20(9-11-21)16(22)7-4-12-24-15-6-3-2-5-14(15)19/h2-3,5-6,13H,4,7-12H2,1H3. The van der Waals surface area contributed by atoms with Crippen molar-refractivity contribution in [2.45, 2.75) is 25.1 Å². The molecule has 0 radical (unpaired) electrons. The molecule has 1 aliphatic heterocycles. The SMILES string of the molecule is CC(Cl)C(=O)N1CCN(C(=O)CCCOc2ccccc2Cl)CC1. The minimum Gasteiger partial charge on any atom is -0.492 e. The number of carbonyl (C=O) groups excluding carboxylic acids is 2. The van der Waals surface area contributed by atoms with E-state index < -0.39 is 5.38 Å². The van der Waals surface area contributed by atoms with Crippen molar-refractivity contribution in [3.63, 3.8) is 0 Å². The Morgan fingerprint density at radius 1 is 1.17 bits per heavy atom. The zero-order valence-electron chi connectivity index (χ0n) is 13.7. The van der Waals surface area contributed by atoms with E-state index in [-0.39, 0.29) is 11.8 Å². The zero-order valence-corrected chi connectivity index (χ0v) is 15.2. The Morgan fingerprint density at radius 3 is 2.42 bits per heavy atom. The fourth-order valence-electron chi connectivity index (χ4n) is 2.55. The third-order valence-corrected chi connectivity index (χ3v) is 4.41. The molecular formula is C17H22Cl2N2O3. The zero-order chi connectivity index (χ0) is 17.5. The van der Waals surface area contributed by atoms with E-state index in [0.717, 1.165) is 0 Å². The fraction of sp³-hybridized carbons (Fsp3) is 0.529. The molecule has 5 nitrogen and oxygen atoms in total. The third-order valence-electron chi connectivity index (χ3n) is 3.91. The maximum absolute atomic E-state index is 12.2. The highest BCUT2D eigenvalue weighted by molar-refractivity contribution is 6.32. The number of rotatable bonds is 6. The van der Waals surface area contributed by atoms with Crippen molar-refractivity contribution < 1.29 is 14.3 Å². The van der Waals surface area contributed by atoms with Crippen molar-refractivity contribution in [1.82, 2.24) is 9.80 Å². The van der Waals surface area contributed by atoms with Crippen LogP contribution in [0.3, 0.4) is 0 Å². The van der Waals surface area contributed by atoms with Gasteiger partial charge in [0.25, 0.3) is 0 Å². The van der Waals surface area contributed by atoms with E-state index in [2.05, 4.69) is 0 Å². The van der Waals surface area contributed by atoms with Gasteiger partial charge in [-0.3, -0.25) is 9.59 Å². The quantitative estimate of drug-likeness (QED) is 0.569. The molecule has 2 amide bonds. The molecule has 1 fully saturated rings. The van der Waals surface area contributed by atoms with Crippen molar-refractivity contribution in [2.24, 2.45) is 0 Å². The second-order valence-electron chi connectivity index (χ2n) is 5.70. The molecule has 0 aliphatic carbocycles. The van der Waals surface area contributed by atoms with E-state index in [4.69, 9.17) is 27.9 Å². The molecule has 0 bridgehead atoms. The van der Waals surface area contributed by atoms with E-state index in [9.17, 15) is 9.59 Å². The van der Waals surface area contributed by atoms with Crippen LogP contribution in [0.2, 0.25) is 5.02 Å². The lowest BCUT2D eigenvalue weighted by molar-refractivity contribution is -0.139. The summed E-state index contributed by atoms with van der Waals surface area (Å²) in [7, 11) is 0. The van der Waals surface area contributed by atoms with Crippen LogP contribution in [0.5, 0.6) is 5.75 Å². The maximum atomic E-state index is 12.2. The summed E-state index contributed by atoms with van der Waals surface area (Å²) < 4.78 is 5.58. The van der Waals surface area contributed by atoms with Crippen LogP contribution in [0.15, 0.2) is 24.3 Å². The lowest BCUT2D eigenvalue weighted by Gasteiger charge is -2.35. The van der Waals surface area contributed by atoms with E-state index in [1.54, 1.807) is 28.9 Å². The largest absolute Gasteiger partial charge is 0.492 e.